The zero-order valence-electron chi connectivity index (χ0n) is 18.0. The van der Waals surface area contributed by atoms with Crippen LogP contribution in [0.1, 0.15) is 39.1 Å². The smallest absolute Gasteiger partial charge is 0.333 e. The van der Waals surface area contributed by atoms with Gasteiger partial charge in [0.1, 0.15) is 23.8 Å². The van der Waals surface area contributed by atoms with E-state index in [1.807, 2.05) is 0 Å². The minimum atomic E-state index is -0.740. The van der Waals surface area contributed by atoms with Crippen LogP contribution in [0.25, 0.3) is 11.2 Å². The van der Waals surface area contributed by atoms with Crippen molar-refractivity contribution in [2.75, 3.05) is 0 Å². The molecule has 31 heavy (non-hydrogen) atoms. The number of halogens is 2. The molecule has 0 atom stereocenters. The summed E-state index contributed by atoms with van der Waals surface area (Å²) in [5, 5.41) is 0.208. The van der Waals surface area contributed by atoms with Gasteiger partial charge < -0.3 is 9.30 Å². The summed E-state index contributed by atoms with van der Waals surface area (Å²) in [5.41, 5.74) is -1.66. The molecule has 0 saturated carbocycles. The summed E-state index contributed by atoms with van der Waals surface area (Å²) in [4.78, 5) is 42.8. The Hall–Kier alpha value is -2.94. The molecule has 2 aromatic heterocycles. The first-order valence-electron chi connectivity index (χ1n) is 9.79. The van der Waals surface area contributed by atoms with E-state index in [2.05, 4.69) is 4.98 Å². The van der Waals surface area contributed by atoms with Gasteiger partial charge in [-0.3, -0.25) is 18.7 Å². The van der Waals surface area contributed by atoms with Crippen LogP contribution in [-0.4, -0.2) is 30.3 Å². The lowest BCUT2D eigenvalue weighted by atomic mass is 10.2. The monoisotopic (exact) mass is 450 g/mol. The molecule has 166 valence electrons. The van der Waals surface area contributed by atoms with Crippen LogP contribution in [0.4, 0.5) is 4.39 Å². The molecule has 2 heterocycles. The van der Waals surface area contributed by atoms with E-state index in [1.54, 1.807) is 40.7 Å². The van der Waals surface area contributed by atoms with Gasteiger partial charge in [0.25, 0.3) is 5.56 Å². The van der Waals surface area contributed by atoms with Crippen molar-refractivity contribution >= 4 is 28.7 Å². The molecular weight excluding hydrogens is 427 g/mol. The van der Waals surface area contributed by atoms with E-state index < -0.39 is 35.2 Å². The van der Waals surface area contributed by atoms with Crippen molar-refractivity contribution in [3.05, 3.63) is 61.3 Å². The predicted octanol–water partition coefficient (Wildman–Crippen LogP) is 2.87. The van der Waals surface area contributed by atoms with Crippen LogP contribution in [0.5, 0.6) is 0 Å². The number of esters is 1. The molecule has 0 radical (unpaired) electrons. The van der Waals surface area contributed by atoms with Gasteiger partial charge in [0.05, 0.1) is 6.54 Å². The van der Waals surface area contributed by atoms with Crippen molar-refractivity contribution in [1.29, 1.82) is 0 Å². The minimum Gasteiger partial charge on any atom is -0.459 e. The lowest BCUT2D eigenvalue weighted by molar-refractivity contribution is -0.155. The number of benzene rings is 1. The minimum absolute atomic E-state index is 0.0375. The number of hydrogen-bond donors (Lipinski definition) is 0. The lowest BCUT2D eigenvalue weighted by Crippen LogP contribution is -2.42. The molecule has 0 unspecified atom stereocenters. The average Bonchev–Trinajstić information content (AvgIpc) is 2.97. The Morgan fingerprint density at radius 3 is 2.45 bits per heavy atom. The van der Waals surface area contributed by atoms with Crippen molar-refractivity contribution in [1.82, 2.24) is 18.7 Å². The highest BCUT2D eigenvalue weighted by Crippen LogP contribution is 2.22. The van der Waals surface area contributed by atoms with Gasteiger partial charge >= 0.3 is 11.7 Å². The number of hydrogen-bond acceptors (Lipinski definition) is 5. The Balaban J connectivity index is 2.24. The van der Waals surface area contributed by atoms with Crippen LogP contribution < -0.4 is 11.2 Å². The molecule has 0 aliphatic rings. The van der Waals surface area contributed by atoms with Crippen LogP contribution in [0.3, 0.4) is 0 Å². The van der Waals surface area contributed by atoms with Crippen molar-refractivity contribution in [2.24, 2.45) is 0 Å². The van der Waals surface area contributed by atoms with Crippen molar-refractivity contribution in [2.45, 2.75) is 59.9 Å². The van der Waals surface area contributed by atoms with Gasteiger partial charge in [-0.2, -0.15) is 0 Å². The molecule has 1 aromatic carbocycles. The first kappa shape index (κ1) is 22.7. The maximum absolute atomic E-state index is 14.4. The van der Waals surface area contributed by atoms with Crippen LogP contribution in [0.2, 0.25) is 5.02 Å². The van der Waals surface area contributed by atoms with E-state index in [9.17, 15) is 18.8 Å². The van der Waals surface area contributed by atoms with E-state index in [0.717, 1.165) is 9.13 Å². The Morgan fingerprint density at radius 2 is 1.87 bits per heavy atom. The third kappa shape index (κ3) is 4.41. The van der Waals surface area contributed by atoms with E-state index in [4.69, 9.17) is 16.3 Å². The number of carbonyl (C=O) groups is 1. The summed E-state index contributed by atoms with van der Waals surface area (Å²) in [5.74, 6) is -0.786. The summed E-state index contributed by atoms with van der Waals surface area (Å²) >= 11 is 6.16. The summed E-state index contributed by atoms with van der Waals surface area (Å²) in [6.45, 7) is 8.04. The SMILES string of the molecule is CCn1c(=O)c2c(nc(C)n2Cc2c(F)cccc2Cl)n(CC(=O)OC(C)(C)C)c1=O. The van der Waals surface area contributed by atoms with Crippen LogP contribution >= 0.6 is 11.6 Å². The first-order chi connectivity index (χ1) is 14.4. The fraction of sp³-hybridized carbons (Fsp3) is 0.429. The van der Waals surface area contributed by atoms with E-state index in [0.29, 0.717) is 5.82 Å². The van der Waals surface area contributed by atoms with Gasteiger partial charge in [0, 0.05) is 17.1 Å². The van der Waals surface area contributed by atoms with E-state index in [-0.39, 0.29) is 34.8 Å². The topological polar surface area (TPSA) is 88.1 Å². The number of ether oxygens (including phenoxy) is 1. The van der Waals surface area contributed by atoms with Gasteiger partial charge in [-0.05, 0) is 46.8 Å². The van der Waals surface area contributed by atoms with Crippen LogP contribution in [-0.2, 0) is 29.2 Å². The molecule has 0 amide bonds. The molecule has 0 fully saturated rings. The van der Waals surface area contributed by atoms with Gasteiger partial charge in [-0.15, -0.1) is 0 Å². The second-order valence-electron chi connectivity index (χ2n) is 8.12. The fourth-order valence-electron chi connectivity index (χ4n) is 3.36. The number of carbonyl (C=O) groups excluding carboxylic acids is 1. The van der Waals surface area contributed by atoms with Crippen LogP contribution in [0.15, 0.2) is 27.8 Å². The van der Waals surface area contributed by atoms with Crippen molar-refractivity contribution in [3.63, 3.8) is 0 Å². The van der Waals surface area contributed by atoms with E-state index in [1.165, 1.54) is 16.7 Å². The summed E-state index contributed by atoms with van der Waals surface area (Å²) in [7, 11) is 0. The van der Waals surface area contributed by atoms with Gasteiger partial charge in [0.15, 0.2) is 11.2 Å². The third-order valence-electron chi connectivity index (χ3n) is 4.71. The van der Waals surface area contributed by atoms with Crippen LogP contribution in [0, 0.1) is 12.7 Å². The number of rotatable bonds is 5. The van der Waals surface area contributed by atoms with E-state index >= 15 is 0 Å². The highest BCUT2D eigenvalue weighted by atomic mass is 35.5. The van der Waals surface area contributed by atoms with Crippen molar-refractivity contribution < 1.29 is 13.9 Å². The molecule has 0 spiro atoms. The van der Waals surface area contributed by atoms with Crippen molar-refractivity contribution in [3.8, 4) is 0 Å². The zero-order chi connectivity index (χ0) is 23.1. The Labute approximate surface area is 182 Å². The second-order valence-corrected chi connectivity index (χ2v) is 8.53. The molecule has 0 bridgehead atoms. The quantitative estimate of drug-likeness (QED) is 0.558. The number of nitrogens with zero attached hydrogens (tertiary/aromatic N) is 4. The average molecular weight is 451 g/mol. The number of imidazole rings is 1. The Kier molecular flexibility index (Phi) is 6.09. The maximum atomic E-state index is 14.4. The highest BCUT2D eigenvalue weighted by molar-refractivity contribution is 6.31. The lowest BCUT2D eigenvalue weighted by Gasteiger charge is -2.20. The largest absolute Gasteiger partial charge is 0.459 e. The Morgan fingerprint density at radius 1 is 1.19 bits per heavy atom. The number of aromatic nitrogens is 4. The molecule has 0 saturated heterocycles. The summed E-state index contributed by atoms with van der Waals surface area (Å²) < 4.78 is 23.3. The molecule has 3 rings (SSSR count). The molecule has 10 heteroatoms. The molecule has 8 nitrogen and oxygen atoms in total. The highest BCUT2D eigenvalue weighted by Gasteiger charge is 2.24. The standard InChI is InChI=1S/C21H24ClFN4O4/c1-6-25-19(29)17-18(27(20(25)30)11-16(28)31-21(3,4)5)24-12(2)26(17)10-13-14(22)8-7-9-15(13)23/h7-9H,6,10-11H2,1-5H3. The molecular formula is C21H24ClFN4O4. The fourth-order valence-corrected chi connectivity index (χ4v) is 3.58. The summed E-state index contributed by atoms with van der Waals surface area (Å²) in [6.07, 6.45) is 0. The second kappa shape index (κ2) is 8.30. The molecule has 3 aromatic rings. The summed E-state index contributed by atoms with van der Waals surface area (Å²) in [6, 6.07) is 4.32. The first-order valence-corrected chi connectivity index (χ1v) is 10.2. The van der Waals surface area contributed by atoms with Gasteiger partial charge in [-0.25, -0.2) is 14.2 Å². The normalized spacial score (nSPS) is 11.8. The predicted molar refractivity (Wildman–Crippen MR) is 115 cm³/mol. The number of aryl methyl sites for hydroxylation is 1. The maximum Gasteiger partial charge on any atom is 0.333 e. The van der Waals surface area contributed by atoms with Gasteiger partial charge in [-0.1, -0.05) is 17.7 Å². The number of fused-ring (bicyclic) bond motifs is 1. The molecule has 0 N–H and O–H groups in total. The molecule has 0 aliphatic heterocycles. The molecule has 0 aliphatic carbocycles. The third-order valence-corrected chi connectivity index (χ3v) is 5.06. The zero-order valence-corrected chi connectivity index (χ0v) is 18.8. The van der Waals surface area contributed by atoms with Gasteiger partial charge in [0.2, 0.25) is 0 Å². The Bertz CT molecular complexity index is 1260.